The van der Waals surface area contributed by atoms with Crippen molar-refractivity contribution in [3.8, 4) is 0 Å². The molecule has 0 aliphatic rings. The molecule has 2 N–H and O–H groups in total. The monoisotopic (exact) mass is 333 g/mol. The Morgan fingerprint density at radius 2 is 1.74 bits per heavy atom. The number of nitrogens with one attached hydrogen (secondary N) is 1. The number of hydrogen-bond donors (Lipinski definition) is 2. The van der Waals surface area contributed by atoms with Gasteiger partial charge in [0.2, 0.25) is 0 Å². The molecular weight excluding hydrogens is 315 g/mol. The Labute approximate surface area is 131 Å². The van der Waals surface area contributed by atoms with Crippen molar-refractivity contribution in [1.82, 2.24) is 5.32 Å². The fraction of sp³-hybridized carbons (Fsp3) is 0.467. The van der Waals surface area contributed by atoms with E-state index in [9.17, 15) is 22.8 Å². The van der Waals surface area contributed by atoms with Crippen molar-refractivity contribution in [2.24, 2.45) is 5.92 Å². The highest BCUT2D eigenvalue weighted by atomic mass is 19.2. The maximum absolute atomic E-state index is 13.1. The van der Waals surface area contributed by atoms with Crippen molar-refractivity contribution >= 4 is 12.1 Å². The molecular formula is C15H18F3NO4. The van der Waals surface area contributed by atoms with Crippen molar-refractivity contribution in [3.05, 3.63) is 35.1 Å². The topological polar surface area (TPSA) is 75.6 Å². The molecule has 0 aliphatic carbocycles. The van der Waals surface area contributed by atoms with Crippen molar-refractivity contribution in [3.63, 3.8) is 0 Å². The van der Waals surface area contributed by atoms with E-state index in [1.165, 1.54) is 0 Å². The zero-order valence-corrected chi connectivity index (χ0v) is 13.0. The number of ether oxygens (including phenoxy) is 1. The fourth-order valence-electron chi connectivity index (χ4n) is 1.78. The first-order chi connectivity index (χ1) is 10.5. The summed E-state index contributed by atoms with van der Waals surface area (Å²) in [5, 5.41) is 11.4. The molecule has 1 atom stereocenters. The van der Waals surface area contributed by atoms with Crippen molar-refractivity contribution in [2.45, 2.75) is 32.8 Å². The van der Waals surface area contributed by atoms with Crippen LogP contribution in [-0.4, -0.2) is 29.3 Å². The summed E-state index contributed by atoms with van der Waals surface area (Å²) in [5.41, 5.74) is -0.772. The lowest BCUT2D eigenvalue weighted by atomic mass is 9.99. The third-order valence-corrected chi connectivity index (χ3v) is 2.77. The number of rotatable bonds is 5. The molecule has 1 aromatic carbocycles. The molecule has 1 rings (SSSR count). The number of amides is 1. The maximum atomic E-state index is 13.1. The van der Waals surface area contributed by atoms with E-state index in [1.54, 1.807) is 20.8 Å². The van der Waals surface area contributed by atoms with E-state index in [-0.39, 0.29) is 18.5 Å². The Bertz CT molecular complexity index is 576. The Kier molecular flexibility index (Phi) is 6.00. The third kappa shape index (κ3) is 6.17. The second-order valence-corrected chi connectivity index (χ2v) is 6.00. The molecule has 5 nitrogen and oxygen atoms in total. The summed E-state index contributed by atoms with van der Waals surface area (Å²) in [6.45, 7) is 4.63. The summed E-state index contributed by atoms with van der Waals surface area (Å²) >= 11 is 0. The molecule has 128 valence electrons. The molecule has 23 heavy (non-hydrogen) atoms. The summed E-state index contributed by atoms with van der Waals surface area (Å²) in [5.74, 6) is -6.83. The lowest BCUT2D eigenvalue weighted by Gasteiger charge is -2.21. The number of alkyl carbamates (subject to hydrolysis) is 1. The molecule has 0 saturated carbocycles. The highest BCUT2D eigenvalue weighted by molar-refractivity contribution is 5.73. The Morgan fingerprint density at radius 3 is 2.17 bits per heavy atom. The minimum absolute atomic E-state index is 0.0280. The van der Waals surface area contributed by atoms with Gasteiger partial charge in [0.1, 0.15) is 5.60 Å². The van der Waals surface area contributed by atoms with Gasteiger partial charge < -0.3 is 15.2 Å². The molecule has 0 fully saturated rings. The summed E-state index contributed by atoms with van der Waals surface area (Å²) < 4.78 is 44.1. The average molecular weight is 333 g/mol. The number of carbonyl (C=O) groups excluding carboxylic acids is 1. The Balaban J connectivity index is 2.73. The van der Waals surface area contributed by atoms with Gasteiger partial charge in [-0.25, -0.2) is 18.0 Å². The molecule has 0 aliphatic heterocycles. The first-order valence-corrected chi connectivity index (χ1v) is 6.82. The van der Waals surface area contributed by atoms with Gasteiger partial charge >= 0.3 is 12.1 Å². The van der Waals surface area contributed by atoms with Crippen LogP contribution in [0, 0.1) is 23.4 Å². The van der Waals surface area contributed by atoms with Crippen LogP contribution in [0.3, 0.4) is 0 Å². The lowest BCUT2D eigenvalue weighted by Crippen LogP contribution is -2.37. The number of carboxylic acids is 1. The maximum Gasteiger partial charge on any atom is 0.407 e. The van der Waals surface area contributed by atoms with E-state index >= 15 is 0 Å². The van der Waals surface area contributed by atoms with Gasteiger partial charge in [-0.05, 0) is 44.9 Å². The van der Waals surface area contributed by atoms with Crippen LogP contribution in [0.25, 0.3) is 0 Å². The number of carbonyl (C=O) groups is 2. The number of halogens is 3. The van der Waals surface area contributed by atoms with E-state index in [0.717, 1.165) is 12.1 Å². The summed E-state index contributed by atoms with van der Waals surface area (Å²) in [6, 6.07) is 1.45. The summed E-state index contributed by atoms with van der Waals surface area (Å²) in [4.78, 5) is 22.7. The van der Waals surface area contributed by atoms with Gasteiger partial charge in [-0.1, -0.05) is 0 Å². The smallest absolute Gasteiger partial charge is 0.407 e. The van der Waals surface area contributed by atoms with E-state index in [4.69, 9.17) is 9.84 Å². The number of aliphatic carboxylic acids is 1. The van der Waals surface area contributed by atoms with E-state index in [1.807, 2.05) is 0 Å². The fourth-order valence-corrected chi connectivity index (χ4v) is 1.78. The van der Waals surface area contributed by atoms with Crippen LogP contribution in [0.4, 0.5) is 18.0 Å². The van der Waals surface area contributed by atoms with Crippen LogP contribution < -0.4 is 5.32 Å². The molecule has 0 aromatic heterocycles. The predicted octanol–water partition coefficient (Wildman–Crippen LogP) is 2.87. The molecule has 0 heterocycles. The molecule has 0 radical (unpaired) electrons. The number of carboxylic acid groups (broad SMARTS) is 1. The zero-order valence-electron chi connectivity index (χ0n) is 13.0. The SMILES string of the molecule is CC(C)(C)OC(=O)NCC(Cc1cc(F)c(F)c(F)c1)C(=O)O. The van der Waals surface area contributed by atoms with Gasteiger partial charge in [0.25, 0.3) is 0 Å². The quantitative estimate of drug-likeness (QED) is 0.813. The highest BCUT2D eigenvalue weighted by Gasteiger charge is 2.23. The molecule has 0 spiro atoms. The second-order valence-electron chi connectivity index (χ2n) is 6.00. The molecule has 0 saturated heterocycles. The molecule has 1 aromatic rings. The van der Waals surface area contributed by atoms with Crippen molar-refractivity contribution in [2.75, 3.05) is 6.54 Å². The predicted molar refractivity (Wildman–Crippen MR) is 75.4 cm³/mol. The summed E-state index contributed by atoms with van der Waals surface area (Å²) in [7, 11) is 0. The zero-order chi connectivity index (χ0) is 17.8. The average Bonchev–Trinajstić information content (AvgIpc) is 2.38. The first-order valence-electron chi connectivity index (χ1n) is 6.82. The lowest BCUT2D eigenvalue weighted by molar-refractivity contribution is -0.141. The van der Waals surface area contributed by atoms with Crippen LogP contribution in [0.2, 0.25) is 0 Å². The van der Waals surface area contributed by atoms with Crippen LogP contribution in [0.15, 0.2) is 12.1 Å². The first kappa shape index (κ1) is 18.8. The minimum Gasteiger partial charge on any atom is -0.481 e. The molecule has 1 unspecified atom stereocenters. The van der Waals surface area contributed by atoms with Crippen molar-refractivity contribution < 1.29 is 32.6 Å². The van der Waals surface area contributed by atoms with Gasteiger partial charge in [0.15, 0.2) is 17.5 Å². The third-order valence-electron chi connectivity index (χ3n) is 2.77. The molecule has 8 heteroatoms. The minimum atomic E-state index is -1.62. The van der Waals surface area contributed by atoms with Gasteiger partial charge in [0.05, 0.1) is 5.92 Å². The second kappa shape index (κ2) is 7.34. The van der Waals surface area contributed by atoms with Gasteiger partial charge in [-0.15, -0.1) is 0 Å². The van der Waals surface area contributed by atoms with Crippen LogP contribution in [0.1, 0.15) is 26.3 Å². The van der Waals surface area contributed by atoms with Crippen LogP contribution >= 0.6 is 0 Å². The number of hydrogen-bond acceptors (Lipinski definition) is 3. The standard InChI is InChI=1S/C15H18F3NO4/c1-15(2,3)23-14(22)19-7-9(13(20)21)4-8-5-10(16)12(18)11(17)6-8/h5-6,9H,4,7H2,1-3H3,(H,19,22)(H,20,21). The van der Waals surface area contributed by atoms with E-state index < -0.39 is 41.0 Å². The van der Waals surface area contributed by atoms with Crippen LogP contribution in [0.5, 0.6) is 0 Å². The van der Waals surface area contributed by atoms with Gasteiger partial charge in [-0.2, -0.15) is 0 Å². The molecule has 1 amide bonds. The summed E-state index contributed by atoms with van der Waals surface area (Å²) in [6.07, 6.45) is -1.08. The van der Waals surface area contributed by atoms with Crippen LogP contribution in [-0.2, 0) is 16.0 Å². The van der Waals surface area contributed by atoms with E-state index in [2.05, 4.69) is 5.32 Å². The Hall–Kier alpha value is -2.25. The van der Waals surface area contributed by atoms with Crippen molar-refractivity contribution in [1.29, 1.82) is 0 Å². The van der Waals surface area contributed by atoms with Gasteiger partial charge in [0, 0.05) is 6.54 Å². The Morgan fingerprint density at radius 1 is 1.22 bits per heavy atom. The highest BCUT2D eigenvalue weighted by Crippen LogP contribution is 2.17. The van der Waals surface area contributed by atoms with E-state index in [0.29, 0.717) is 0 Å². The largest absolute Gasteiger partial charge is 0.481 e. The van der Waals surface area contributed by atoms with Gasteiger partial charge in [-0.3, -0.25) is 4.79 Å². The normalized spacial score (nSPS) is 12.6. The molecule has 0 bridgehead atoms. The number of benzene rings is 1.